The van der Waals surface area contributed by atoms with Crippen LogP contribution >= 0.6 is 22.7 Å². The minimum atomic E-state index is -0.0660. The summed E-state index contributed by atoms with van der Waals surface area (Å²) in [4.78, 5) is 17.5. The van der Waals surface area contributed by atoms with Crippen LogP contribution in [0.2, 0.25) is 0 Å². The van der Waals surface area contributed by atoms with Gasteiger partial charge in [0.15, 0.2) is 5.78 Å². The normalized spacial score (nSPS) is 11.2. The molecule has 0 N–H and O–H groups in total. The number of thiazole rings is 1. The zero-order valence-electron chi connectivity index (χ0n) is 10.7. The van der Waals surface area contributed by atoms with Gasteiger partial charge in [-0.3, -0.25) is 9.48 Å². The van der Waals surface area contributed by atoms with Crippen molar-refractivity contribution in [3.63, 3.8) is 0 Å². The molecule has 0 bridgehead atoms. The molecule has 4 nitrogen and oxygen atoms in total. The van der Waals surface area contributed by atoms with Gasteiger partial charge >= 0.3 is 0 Å². The Morgan fingerprint density at radius 1 is 1.40 bits per heavy atom. The number of hydrogen-bond donors (Lipinski definition) is 0. The second kappa shape index (κ2) is 5.52. The van der Waals surface area contributed by atoms with E-state index in [2.05, 4.69) is 10.1 Å². The van der Waals surface area contributed by atoms with Crippen molar-refractivity contribution in [1.82, 2.24) is 14.8 Å². The predicted octanol–water partition coefficient (Wildman–Crippen LogP) is 3.50. The summed E-state index contributed by atoms with van der Waals surface area (Å²) in [6.45, 7) is 0. The van der Waals surface area contributed by atoms with Crippen LogP contribution in [0, 0.1) is 0 Å². The van der Waals surface area contributed by atoms with Crippen molar-refractivity contribution in [3.05, 3.63) is 52.6 Å². The van der Waals surface area contributed by atoms with Crippen molar-refractivity contribution >= 4 is 34.5 Å². The molecule has 3 rings (SSSR count). The molecule has 0 spiro atoms. The molecule has 3 aromatic heterocycles. The lowest BCUT2D eigenvalue weighted by Gasteiger charge is -1.88. The number of hydrogen-bond acceptors (Lipinski definition) is 5. The summed E-state index contributed by atoms with van der Waals surface area (Å²) in [6.07, 6.45) is 6.53. The molecule has 100 valence electrons. The first-order valence-electron chi connectivity index (χ1n) is 5.93. The fraction of sp³-hybridized carbons (Fsp3) is 0.0714. The Morgan fingerprint density at radius 3 is 3.00 bits per heavy atom. The van der Waals surface area contributed by atoms with Gasteiger partial charge in [0.1, 0.15) is 5.01 Å². The number of aryl methyl sites for hydroxylation is 1. The van der Waals surface area contributed by atoms with Crippen LogP contribution in [0.25, 0.3) is 16.0 Å². The van der Waals surface area contributed by atoms with Crippen molar-refractivity contribution in [2.75, 3.05) is 0 Å². The highest BCUT2D eigenvalue weighted by atomic mass is 32.1. The third-order valence-electron chi connectivity index (χ3n) is 2.65. The average molecular weight is 301 g/mol. The van der Waals surface area contributed by atoms with Crippen LogP contribution in [0.1, 0.15) is 16.1 Å². The first kappa shape index (κ1) is 13.0. The molecule has 0 amide bonds. The van der Waals surface area contributed by atoms with Gasteiger partial charge in [-0.2, -0.15) is 5.10 Å². The molecule has 3 heterocycles. The number of rotatable bonds is 4. The summed E-state index contributed by atoms with van der Waals surface area (Å²) < 4.78 is 1.61. The number of thiophene rings is 1. The maximum atomic E-state index is 11.9. The van der Waals surface area contributed by atoms with Crippen LogP contribution in [0.4, 0.5) is 0 Å². The Kier molecular flexibility index (Phi) is 3.58. The molecule has 0 saturated carbocycles. The van der Waals surface area contributed by atoms with Gasteiger partial charge in [-0.1, -0.05) is 6.07 Å². The third kappa shape index (κ3) is 2.76. The molecule has 0 aliphatic rings. The average Bonchev–Trinajstić information content (AvgIpc) is 3.16. The zero-order chi connectivity index (χ0) is 13.9. The van der Waals surface area contributed by atoms with Crippen LogP contribution in [0.15, 0.2) is 41.4 Å². The van der Waals surface area contributed by atoms with Gasteiger partial charge in [-0.05, 0) is 23.6 Å². The van der Waals surface area contributed by atoms with E-state index >= 15 is 0 Å². The van der Waals surface area contributed by atoms with E-state index in [4.69, 9.17) is 0 Å². The highest BCUT2D eigenvalue weighted by molar-refractivity contribution is 7.20. The predicted molar refractivity (Wildman–Crippen MR) is 82.0 cm³/mol. The summed E-state index contributed by atoms with van der Waals surface area (Å²) in [7, 11) is 1.79. The summed E-state index contributed by atoms with van der Waals surface area (Å²) in [5.41, 5.74) is 1.38. The first-order valence-corrected chi connectivity index (χ1v) is 7.69. The van der Waals surface area contributed by atoms with Gasteiger partial charge in [-0.25, -0.2) is 4.98 Å². The van der Waals surface area contributed by atoms with E-state index in [1.54, 1.807) is 52.9 Å². The van der Waals surface area contributed by atoms with Crippen molar-refractivity contribution < 1.29 is 4.79 Å². The monoisotopic (exact) mass is 301 g/mol. The molecule has 0 aliphatic carbocycles. The fourth-order valence-electron chi connectivity index (χ4n) is 1.68. The van der Waals surface area contributed by atoms with E-state index < -0.39 is 0 Å². The lowest BCUT2D eigenvalue weighted by molar-refractivity contribution is 0.104. The number of allylic oxidation sites excluding steroid dienone is 1. The molecule has 6 heteroatoms. The highest BCUT2D eigenvalue weighted by Crippen LogP contribution is 2.28. The number of nitrogens with zero attached hydrogens (tertiary/aromatic N) is 3. The molecular weight excluding hydrogens is 290 g/mol. The van der Waals surface area contributed by atoms with Gasteiger partial charge in [-0.15, -0.1) is 22.7 Å². The van der Waals surface area contributed by atoms with Crippen LogP contribution in [0.3, 0.4) is 0 Å². The van der Waals surface area contributed by atoms with E-state index in [0.717, 1.165) is 15.6 Å². The largest absolute Gasteiger partial charge is 0.289 e. The minimum absolute atomic E-state index is 0.0660. The molecular formula is C14H11N3OS2. The first-order chi connectivity index (χ1) is 9.72. The summed E-state index contributed by atoms with van der Waals surface area (Å²) in [5.74, 6) is -0.0660. The van der Waals surface area contributed by atoms with Crippen LogP contribution in [-0.4, -0.2) is 20.5 Å². The summed E-state index contributed by atoms with van der Waals surface area (Å²) in [6, 6.07) is 4.04. The molecule has 0 saturated heterocycles. The summed E-state index contributed by atoms with van der Waals surface area (Å²) in [5, 5.41) is 8.93. The van der Waals surface area contributed by atoms with Gasteiger partial charge in [0.2, 0.25) is 0 Å². The van der Waals surface area contributed by atoms with E-state index in [1.165, 1.54) is 6.08 Å². The van der Waals surface area contributed by atoms with Crippen molar-refractivity contribution in [3.8, 4) is 9.88 Å². The smallest absolute Gasteiger partial charge is 0.189 e. The Bertz CT molecular complexity index is 753. The lowest BCUT2D eigenvalue weighted by atomic mass is 10.2. The van der Waals surface area contributed by atoms with E-state index in [0.29, 0.717) is 5.56 Å². The Morgan fingerprint density at radius 2 is 2.30 bits per heavy atom. The van der Waals surface area contributed by atoms with Gasteiger partial charge in [0.25, 0.3) is 0 Å². The van der Waals surface area contributed by atoms with Gasteiger partial charge in [0.05, 0.1) is 22.3 Å². The molecule has 0 atom stereocenters. The van der Waals surface area contributed by atoms with Gasteiger partial charge < -0.3 is 0 Å². The second-order valence-corrected chi connectivity index (χ2v) is 5.96. The maximum Gasteiger partial charge on any atom is 0.189 e. The zero-order valence-corrected chi connectivity index (χ0v) is 12.3. The molecule has 0 unspecified atom stereocenters. The molecule has 20 heavy (non-hydrogen) atoms. The third-order valence-corrected chi connectivity index (χ3v) is 4.55. The lowest BCUT2D eigenvalue weighted by Crippen LogP contribution is -1.91. The van der Waals surface area contributed by atoms with Crippen molar-refractivity contribution in [2.45, 2.75) is 0 Å². The quantitative estimate of drug-likeness (QED) is 0.547. The standard InChI is InChI=1S/C14H11N3OS2/c1-17-8-10(7-15-17)12(18)5-4-11-9-20-14(16-11)13-3-2-6-19-13/h2-9H,1H3/b5-4+. The Labute approximate surface area is 124 Å². The van der Waals surface area contributed by atoms with Crippen LogP contribution < -0.4 is 0 Å². The van der Waals surface area contributed by atoms with E-state index in [1.807, 2.05) is 22.9 Å². The summed E-state index contributed by atoms with van der Waals surface area (Å²) >= 11 is 3.24. The molecule has 3 aromatic rings. The fourth-order valence-corrected chi connectivity index (χ4v) is 3.28. The number of carbonyl (C=O) groups excluding carboxylic acids is 1. The van der Waals surface area contributed by atoms with Crippen LogP contribution in [0.5, 0.6) is 0 Å². The molecule has 0 fully saturated rings. The Balaban J connectivity index is 1.75. The molecule has 0 radical (unpaired) electrons. The van der Waals surface area contributed by atoms with E-state index in [-0.39, 0.29) is 5.78 Å². The van der Waals surface area contributed by atoms with Crippen LogP contribution in [-0.2, 0) is 7.05 Å². The van der Waals surface area contributed by atoms with E-state index in [9.17, 15) is 4.79 Å². The molecule has 0 aromatic carbocycles. The number of carbonyl (C=O) groups is 1. The Hall–Kier alpha value is -2.05. The number of aromatic nitrogens is 3. The number of ketones is 1. The van der Waals surface area contributed by atoms with Crippen molar-refractivity contribution in [2.24, 2.45) is 7.05 Å². The molecule has 0 aliphatic heterocycles. The maximum absolute atomic E-state index is 11.9. The topological polar surface area (TPSA) is 47.8 Å². The van der Waals surface area contributed by atoms with Gasteiger partial charge in [0, 0.05) is 18.6 Å². The highest BCUT2D eigenvalue weighted by Gasteiger charge is 2.06. The van der Waals surface area contributed by atoms with Crippen molar-refractivity contribution in [1.29, 1.82) is 0 Å². The minimum Gasteiger partial charge on any atom is -0.289 e. The second-order valence-electron chi connectivity index (χ2n) is 4.16. The SMILES string of the molecule is Cn1cc(C(=O)/C=C/c2csc(-c3cccs3)n2)cn1.